The highest BCUT2D eigenvalue weighted by atomic mass is 32.2. The van der Waals surface area contributed by atoms with Gasteiger partial charge in [0.1, 0.15) is 5.75 Å². The topological polar surface area (TPSA) is 81.4 Å². The number of amides is 1. The van der Waals surface area contributed by atoms with Crippen molar-refractivity contribution >= 4 is 23.4 Å². The Morgan fingerprint density at radius 2 is 1.76 bits per heavy atom. The number of carbonyl (C=O) groups is 1. The molecular formula is C25H27N5O2S. The standard InChI is InChI=1S/C25H27N5O2S/c1-16-21(17(2)30-24(26-16)28-25(29-30)33-4)14-15-22(31)27-23(18-8-6-5-7-9-18)19-10-12-20(32-3)13-11-19/h5-13,23H,14-15H2,1-4H3,(H,27,31). The smallest absolute Gasteiger partial charge is 0.253 e. The Bertz CT molecular complexity index is 1260. The van der Waals surface area contributed by atoms with E-state index in [-0.39, 0.29) is 11.9 Å². The summed E-state index contributed by atoms with van der Waals surface area (Å²) in [7, 11) is 1.64. The molecule has 0 bridgehead atoms. The molecule has 1 amide bonds. The average Bonchev–Trinajstić information content (AvgIpc) is 3.26. The van der Waals surface area contributed by atoms with Gasteiger partial charge in [-0.1, -0.05) is 54.2 Å². The van der Waals surface area contributed by atoms with E-state index in [9.17, 15) is 4.79 Å². The van der Waals surface area contributed by atoms with E-state index in [1.165, 1.54) is 11.8 Å². The van der Waals surface area contributed by atoms with Crippen molar-refractivity contribution in [2.45, 2.75) is 37.9 Å². The molecule has 0 saturated heterocycles. The van der Waals surface area contributed by atoms with E-state index in [1.807, 2.05) is 74.7 Å². The second kappa shape index (κ2) is 10.0. The van der Waals surface area contributed by atoms with Crippen LogP contribution in [0.4, 0.5) is 0 Å². The molecule has 1 atom stereocenters. The molecule has 0 saturated carbocycles. The predicted molar refractivity (Wildman–Crippen MR) is 130 cm³/mol. The van der Waals surface area contributed by atoms with Gasteiger partial charge in [0.15, 0.2) is 0 Å². The number of rotatable bonds is 8. The van der Waals surface area contributed by atoms with Gasteiger partial charge in [0.2, 0.25) is 11.1 Å². The van der Waals surface area contributed by atoms with Crippen LogP contribution in [0.15, 0.2) is 59.8 Å². The van der Waals surface area contributed by atoms with Crippen LogP contribution < -0.4 is 10.1 Å². The minimum absolute atomic E-state index is 0.0260. The van der Waals surface area contributed by atoms with Crippen LogP contribution in [0.2, 0.25) is 0 Å². The van der Waals surface area contributed by atoms with Crippen LogP contribution in [-0.2, 0) is 11.2 Å². The second-order valence-electron chi connectivity index (χ2n) is 7.76. The zero-order valence-corrected chi connectivity index (χ0v) is 20.0. The molecule has 0 spiro atoms. The quantitative estimate of drug-likeness (QED) is 0.394. The summed E-state index contributed by atoms with van der Waals surface area (Å²) in [5.41, 5.74) is 4.89. The second-order valence-corrected chi connectivity index (χ2v) is 8.53. The van der Waals surface area contributed by atoms with Crippen LogP contribution in [0.5, 0.6) is 5.75 Å². The van der Waals surface area contributed by atoms with E-state index < -0.39 is 0 Å². The molecular weight excluding hydrogens is 434 g/mol. The molecule has 8 heteroatoms. The Kier molecular flexibility index (Phi) is 6.93. The molecule has 2 aromatic carbocycles. The fourth-order valence-electron chi connectivity index (χ4n) is 3.91. The molecule has 4 rings (SSSR count). The Morgan fingerprint density at radius 1 is 1.06 bits per heavy atom. The van der Waals surface area contributed by atoms with E-state index in [0.717, 1.165) is 33.8 Å². The summed E-state index contributed by atoms with van der Waals surface area (Å²) < 4.78 is 7.04. The van der Waals surface area contributed by atoms with Gasteiger partial charge in [-0.25, -0.2) is 9.50 Å². The van der Waals surface area contributed by atoms with E-state index in [0.29, 0.717) is 23.8 Å². The van der Waals surface area contributed by atoms with Crippen LogP contribution in [0, 0.1) is 13.8 Å². The third-order valence-electron chi connectivity index (χ3n) is 5.70. The number of aryl methyl sites for hydroxylation is 2. The summed E-state index contributed by atoms with van der Waals surface area (Å²) in [6.45, 7) is 3.95. The third-order valence-corrected chi connectivity index (χ3v) is 6.24. The zero-order valence-electron chi connectivity index (χ0n) is 19.2. The number of aromatic nitrogens is 4. The summed E-state index contributed by atoms with van der Waals surface area (Å²) in [6, 6.07) is 17.5. The van der Waals surface area contributed by atoms with Gasteiger partial charge < -0.3 is 10.1 Å². The summed E-state index contributed by atoms with van der Waals surface area (Å²) >= 11 is 1.48. The molecule has 170 valence electrons. The molecule has 0 fully saturated rings. The largest absolute Gasteiger partial charge is 0.497 e. The third kappa shape index (κ3) is 5.01. The molecule has 0 aliphatic heterocycles. The first kappa shape index (κ1) is 22.8. The highest BCUT2D eigenvalue weighted by molar-refractivity contribution is 7.98. The number of ether oxygens (including phenoxy) is 1. The van der Waals surface area contributed by atoms with E-state index in [4.69, 9.17) is 4.74 Å². The molecule has 2 aromatic heterocycles. The number of benzene rings is 2. The zero-order chi connectivity index (χ0) is 23.4. The van der Waals surface area contributed by atoms with Crippen LogP contribution in [0.3, 0.4) is 0 Å². The summed E-state index contributed by atoms with van der Waals surface area (Å²) in [6.07, 6.45) is 2.86. The number of fused-ring (bicyclic) bond motifs is 1. The monoisotopic (exact) mass is 461 g/mol. The lowest BCUT2D eigenvalue weighted by Crippen LogP contribution is -2.29. The van der Waals surface area contributed by atoms with Crippen molar-refractivity contribution in [2.75, 3.05) is 13.4 Å². The van der Waals surface area contributed by atoms with Crippen molar-refractivity contribution in [1.29, 1.82) is 0 Å². The first-order valence-electron chi connectivity index (χ1n) is 10.7. The molecule has 0 aliphatic rings. The van der Waals surface area contributed by atoms with Gasteiger partial charge in [-0.3, -0.25) is 4.79 Å². The van der Waals surface area contributed by atoms with Crippen LogP contribution >= 0.6 is 11.8 Å². The number of carbonyl (C=O) groups excluding carboxylic acids is 1. The van der Waals surface area contributed by atoms with E-state index >= 15 is 0 Å². The van der Waals surface area contributed by atoms with Gasteiger partial charge in [0.05, 0.1) is 13.2 Å². The molecule has 0 radical (unpaired) electrons. The van der Waals surface area contributed by atoms with Crippen molar-refractivity contribution in [3.05, 3.63) is 82.7 Å². The van der Waals surface area contributed by atoms with E-state index in [2.05, 4.69) is 20.4 Å². The van der Waals surface area contributed by atoms with E-state index in [1.54, 1.807) is 11.6 Å². The maximum Gasteiger partial charge on any atom is 0.253 e. The number of methoxy groups -OCH3 is 1. The van der Waals surface area contributed by atoms with Crippen LogP contribution in [0.25, 0.3) is 5.78 Å². The minimum atomic E-state index is -0.244. The molecule has 33 heavy (non-hydrogen) atoms. The van der Waals surface area contributed by atoms with Crippen molar-refractivity contribution in [3.63, 3.8) is 0 Å². The molecule has 7 nitrogen and oxygen atoms in total. The first-order chi connectivity index (χ1) is 16.0. The molecule has 1 N–H and O–H groups in total. The first-order valence-corrected chi connectivity index (χ1v) is 12.0. The number of nitrogens with one attached hydrogen (secondary N) is 1. The number of hydrogen-bond acceptors (Lipinski definition) is 6. The lowest BCUT2D eigenvalue weighted by molar-refractivity contribution is -0.121. The van der Waals surface area contributed by atoms with Gasteiger partial charge in [0, 0.05) is 17.8 Å². The number of hydrogen-bond donors (Lipinski definition) is 1. The normalized spacial score (nSPS) is 12.0. The molecule has 2 heterocycles. The lowest BCUT2D eigenvalue weighted by Gasteiger charge is -2.20. The lowest BCUT2D eigenvalue weighted by atomic mass is 9.98. The van der Waals surface area contributed by atoms with Crippen molar-refractivity contribution in [1.82, 2.24) is 24.9 Å². The van der Waals surface area contributed by atoms with Crippen molar-refractivity contribution < 1.29 is 9.53 Å². The Labute approximate surface area is 197 Å². The average molecular weight is 462 g/mol. The predicted octanol–water partition coefficient (Wildman–Crippen LogP) is 4.31. The molecule has 0 aliphatic carbocycles. The Morgan fingerprint density at radius 3 is 2.42 bits per heavy atom. The van der Waals surface area contributed by atoms with Gasteiger partial charge in [-0.15, -0.1) is 5.10 Å². The summed E-state index contributed by atoms with van der Waals surface area (Å²) in [5, 5.41) is 8.39. The number of nitrogens with zero attached hydrogens (tertiary/aromatic N) is 4. The van der Waals surface area contributed by atoms with Gasteiger partial charge >= 0.3 is 0 Å². The maximum atomic E-state index is 13.0. The molecule has 1 unspecified atom stereocenters. The van der Waals surface area contributed by atoms with Gasteiger partial charge in [0.25, 0.3) is 5.78 Å². The SMILES string of the molecule is COc1ccc(C(NC(=O)CCc2c(C)nc3nc(SC)nn3c2C)c2ccccc2)cc1. The van der Waals surface area contributed by atoms with Gasteiger partial charge in [-0.05, 0) is 55.3 Å². The van der Waals surface area contributed by atoms with Crippen LogP contribution in [0.1, 0.15) is 40.5 Å². The highest BCUT2D eigenvalue weighted by Crippen LogP contribution is 2.25. The summed E-state index contributed by atoms with van der Waals surface area (Å²) in [4.78, 5) is 22.1. The summed E-state index contributed by atoms with van der Waals surface area (Å²) in [5.74, 6) is 1.34. The maximum absolute atomic E-state index is 13.0. The Balaban J connectivity index is 1.53. The van der Waals surface area contributed by atoms with Gasteiger partial charge in [-0.2, -0.15) is 4.98 Å². The molecule has 4 aromatic rings. The fourth-order valence-corrected chi connectivity index (χ4v) is 4.25. The van der Waals surface area contributed by atoms with Crippen molar-refractivity contribution in [3.8, 4) is 5.75 Å². The number of thioether (sulfide) groups is 1. The fraction of sp³-hybridized carbons (Fsp3) is 0.280. The highest BCUT2D eigenvalue weighted by Gasteiger charge is 2.19. The van der Waals surface area contributed by atoms with Crippen LogP contribution in [-0.4, -0.2) is 38.9 Å². The Hall–Kier alpha value is -3.39. The minimum Gasteiger partial charge on any atom is -0.497 e. The van der Waals surface area contributed by atoms with Crippen molar-refractivity contribution in [2.24, 2.45) is 0 Å².